The molecule has 196 valence electrons. The lowest BCUT2D eigenvalue weighted by atomic mass is 9.98. The minimum Gasteiger partial charge on any atom is -0.367 e. The lowest BCUT2D eigenvalue weighted by Gasteiger charge is -2.40. The molecule has 0 saturated carbocycles. The van der Waals surface area contributed by atoms with Gasteiger partial charge in [0.15, 0.2) is 0 Å². The van der Waals surface area contributed by atoms with Gasteiger partial charge in [-0.3, -0.25) is 9.88 Å². The smallest absolute Gasteiger partial charge is 0.0554 e. The highest BCUT2D eigenvalue weighted by atomic mass is 15.3. The lowest BCUT2D eigenvalue weighted by molar-refractivity contribution is 0.221. The molecule has 1 aromatic carbocycles. The van der Waals surface area contributed by atoms with Crippen LogP contribution in [-0.4, -0.2) is 36.6 Å². The second-order valence-corrected chi connectivity index (χ2v) is 8.94. The number of likely N-dealkylation sites (N-methyl/N-ethyl adjacent to an activating group) is 1. The van der Waals surface area contributed by atoms with Gasteiger partial charge in [0.2, 0.25) is 0 Å². The molecular formula is C32H53N3. The van der Waals surface area contributed by atoms with Crippen LogP contribution in [0.15, 0.2) is 68.4 Å². The van der Waals surface area contributed by atoms with Crippen molar-refractivity contribution in [3.8, 4) is 0 Å². The Balaban J connectivity index is 0.000000702. The second-order valence-electron chi connectivity index (χ2n) is 8.94. The minimum atomic E-state index is 0.444. The Hall–Kier alpha value is -2.39. The summed E-state index contributed by atoms with van der Waals surface area (Å²) in [5.41, 5.74) is 5.03. The molecular weight excluding hydrogens is 426 g/mol. The summed E-state index contributed by atoms with van der Waals surface area (Å²) in [5, 5.41) is 0. The number of benzene rings is 1. The van der Waals surface area contributed by atoms with Crippen LogP contribution in [0.25, 0.3) is 0 Å². The average molecular weight is 480 g/mol. The first-order chi connectivity index (χ1) is 17.0. The molecule has 0 bridgehead atoms. The van der Waals surface area contributed by atoms with Crippen molar-refractivity contribution in [1.29, 1.82) is 0 Å². The van der Waals surface area contributed by atoms with Gasteiger partial charge in [-0.15, -0.1) is 19.7 Å². The summed E-state index contributed by atoms with van der Waals surface area (Å²) < 4.78 is 0. The van der Waals surface area contributed by atoms with Crippen molar-refractivity contribution in [3.05, 3.63) is 85.2 Å². The maximum absolute atomic E-state index is 4.43. The van der Waals surface area contributed by atoms with Crippen molar-refractivity contribution >= 4 is 5.69 Å². The van der Waals surface area contributed by atoms with E-state index in [9.17, 15) is 0 Å². The maximum Gasteiger partial charge on any atom is 0.0554 e. The van der Waals surface area contributed by atoms with Crippen molar-refractivity contribution in [2.45, 2.75) is 79.7 Å². The van der Waals surface area contributed by atoms with Gasteiger partial charge >= 0.3 is 0 Å². The van der Waals surface area contributed by atoms with Crippen LogP contribution in [0, 0.1) is 19.8 Å². The zero-order valence-corrected chi connectivity index (χ0v) is 23.9. The summed E-state index contributed by atoms with van der Waals surface area (Å²) in [5.74, 6) is 0.782. The molecule has 0 radical (unpaired) electrons. The van der Waals surface area contributed by atoms with Crippen molar-refractivity contribution < 1.29 is 0 Å². The molecule has 3 nitrogen and oxygen atoms in total. The van der Waals surface area contributed by atoms with E-state index in [1.807, 2.05) is 27.0 Å². The number of hydrogen-bond acceptors (Lipinski definition) is 3. The van der Waals surface area contributed by atoms with Gasteiger partial charge in [0.05, 0.1) is 17.9 Å². The molecule has 3 rings (SSSR count). The van der Waals surface area contributed by atoms with E-state index in [0.717, 1.165) is 31.2 Å². The number of nitrogens with zero attached hydrogens (tertiary/aromatic N) is 3. The summed E-state index contributed by atoms with van der Waals surface area (Å²) in [4.78, 5) is 9.33. The lowest BCUT2D eigenvalue weighted by Crippen LogP contribution is -2.46. The van der Waals surface area contributed by atoms with E-state index in [1.54, 1.807) is 0 Å². The highest BCUT2D eigenvalue weighted by molar-refractivity contribution is 5.46. The highest BCUT2D eigenvalue weighted by Crippen LogP contribution is 2.27. The summed E-state index contributed by atoms with van der Waals surface area (Å²) in [6, 6.07) is 13.6. The molecule has 0 spiro atoms. The number of hydrogen-bond donors (Lipinski definition) is 0. The number of piperazine rings is 1. The molecule has 1 aromatic heterocycles. The van der Waals surface area contributed by atoms with E-state index in [-0.39, 0.29) is 0 Å². The van der Waals surface area contributed by atoms with Crippen molar-refractivity contribution in [1.82, 2.24) is 9.88 Å². The van der Waals surface area contributed by atoms with Gasteiger partial charge in [-0.1, -0.05) is 82.9 Å². The van der Waals surface area contributed by atoms with E-state index >= 15 is 0 Å². The Morgan fingerprint density at radius 3 is 2.29 bits per heavy atom. The number of allylic oxidation sites excluding steroid dienone is 1. The zero-order chi connectivity index (χ0) is 26.6. The van der Waals surface area contributed by atoms with Gasteiger partial charge in [-0.05, 0) is 57.4 Å². The molecule has 0 amide bonds. The van der Waals surface area contributed by atoms with Gasteiger partial charge in [0, 0.05) is 25.3 Å². The highest BCUT2D eigenvalue weighted by Gasteiger charge is 2.26. The van der Waals surface area contributed by atoms with Crippen LogP contribution in [0.5, 0.6) is 0 Å². The molecule has 1 fully saturated rings. The van der Waals surface area contributed by atoms with Crippen LogP contribution in [-0.2, 0) is 0 Å². The van der Waals surface area contributed by atoms with E-state index in [2.05, 4.69) is 105 Å². The first-order valence-electron chi connectivity index (χ1n) is 13.5. The molecule has 2 aromatic rings. The molecule has 1 aliphatic heterocycles. The quantitative estimate of drug-likeness (QED) is 0.353. The monoisotopic (exact) mass is 479 g/mol. The predicted molar refractivity (Wildman–Crippen MR) is 158 cm³/mol. The zero-order valence-electron chi connectivity index (χ0n) is 23.9. The third-order valence-corrected chi connectivity index (χ3v) is 6.26. The van der Waals surface area contributed by atoms with Crippen molar-refractivity contribution in [2.24, 2.45) is 5.92 Å². The van der Waals surface area contributed by atoms with Crippen LogP contribution in [0.1, 0.15) is 82.7 Å². The van der Waals surface area contributed by atoms with Gasteiger partial charge in [0.1, 0.15) is 0 Å². The number of anilines is 1. The number of aromatic nitrogens is 1. The summed E-state index contributed by atoms with van der Waals surface area (Å²) in [7, 11) is 2.22. The van der Waals surface area contributed by atoms with Gasteiger partial charge in [-0.2, -0.15) is 0 Å². The molecule has 0 N–H and O–H groups in total. The third-order valence-electron chi connectivity index (χ3n) is 6.26. The maximum atomic E-state index is 4.43. The Labute approximate surface area is 218 Å². The molecule has 2 atom stereocenters. The fourth-order valence-electron chi connectivity index (χ4n) is 4.21. The van der Waals surface area contributed by atoms with E-state index in [1.165, 1.54) is 48.9 Å². The Morgan fingerprint density at radius 2 is 1.74 bits per heavy atom. The number of aryl methyl sites for hydroxylation is 2. The Morgan fingerprint density at radius 1 is 1.03 bits per heavy atom. The fourth-order valence-corrected chi connectivity index (χ4v) is 4.21. The van der Waals surface area contributed by atoms with Gasteiger partial charge in [0.25, 0.3) is 0 Å². The fraction of sp³-hybridized carbons (Fsp3) is 0.531. The number of pyridine rings is 1. The van der Waals surface area contributed by atoms with Gasteiger partial charge < -0.3 is 4.90 Å². The van der Waals surface area contributed by atoms with Crippen LogP contribution >= 0.6 is 0 Å². The normalized spacial score (nSPS) is 15.9. The van der Waals surface area contributed by atoms with Crippen molar-refractivity contribution in [3.63, 3.8) is 0 Å². The van der Waals surface area contributed by atoms with Crippen LogP contribution in [0.2, 0.25) is 0 Å². The molecule has 2 heterocycles. The summed E-state index contributed by atoms with van der Waals surface area (Å²) in [6.45, 7) is 25.7. The van der Waals surface area contributed by atoms with Crippen molar-refractivity contribution in [2.75, 3.05) is 31.6 Å². The first kappa shape index (κ1) is 32.6. The molecule has 2 unspecified atom stereocenters. The van der Waals surface area contributed by atoms with E-state index < -0.39 is 0 Å². The first-order valence-corrected chi connectivity index (χ1v) is 13.5. The molecule has 1 saturated heterocycles. The third kappa shape index (κ3) is 12.2. The van der Waals surface area contributed by atoms with E-state index in [0.29, 0.717) is 6.04 Å². The molecule has 1 aliphatic rings. The van der Waals surface area contributed by atoms with Crippen LogP contribution in [0.3, 0.4) is 0 Å². The standard InChI is InChI=1S/C18H23N3.C10H20.C2H6.C2H4/c1-14-5-4-6-16(11-14)18-13-21(10-9-20(18)3)17-8-7-15(2)19-12-17;1-4-7-9-10(6-3)8-5-2;2*1-2/h4-8,11-12,18H,9-10,13H2,1-3H3;6,10H,3-5,7-9H2,1-2H3;1-2H3;1-2H2. The summed E-state index contributed by atoms with van der Waals surface area (Å²) in [6.07, 6.45) is 10.7. The van der Waals surface area contributed by atoms with Crippen LogP contribution < -0.4 is 4.90 Å². The number of unbranched alkanes of at least 4 members (excludes halogenated alkanes) is 1. The Bertz CT molecular complexity index is 784. The molecule has 35 heavy (non-hydrogen) atoms. The SMILES string of the molecule is C=C.C=CC(CCC)CCCC.CC.Cc1cccc(C2CN(c3ccc(C)nc3)CCN2C)c1. The molecule has 0 aliphatic carbocycles. The predicted octanol–water partition coefficient (Wildman–Crippen LogP) is 8.80. The molecule has 3 heteroatoms. The number of rotatable bonds is 8. The van der Waals surface area contributed by atoms with Crippen LogP contribution in [0.4, 0.5) is 5.69 Å². The average Bonchev–Trinajstić information content (AvgIpc) is 2.90. The second kappa shape index (κ2) is 19.9. The van der Waals surface area contributed by atoms with E-state index in [4.69, 9.17) is 0 Å². The summed E-state index contributed by atoms with van der Waals surface area (Å²) >= 11 is 0. The topological polar surface area (TPSA) is 19.4 Å². The Kier molecular flexibility index (Phi) is 18.5. The minimum absolute atomic E-state index is 0.444. The van der Waals surface area contributed by atoms with Gasteiger partial charge in [-0.25, -0.2) is 0 Å². The largest absolute Gasteiger partial charge is 0.367 e.